The molecule has 7 heteroatoms. The lowest BCUT2D eigenvalue weighted by Crippen LogP contribution is -2.41. The first kappa shape index (κ1) is 20.9. The highest BCUT2D eigenvalue weighted by Crippen LogP contribution is 2.18. The lowest BCUT2D eigenvalue weighted by atomic mass is 10.0. The number of carbonyl (C=O) groups is 2. The van der Waals surface area contributed by atoms with Crippen molar-refractivity contribution in [2.24, 2.45) is 5.92 Å². The van der Waals surface area contributed by atoms with Gasteiger partial charge < -0.3 is 18.9 Å². The van der Waals surface area contributed by atoms with Gasteiger partial charge in [0.15, 0.2) is 6.61 Å². The van der Waals surface area contributed by atoms with Crippen LogP contribution in [-0.2, 0) is 27.4 Å². The van der Waals surface area contributed by atoms with E-state index in [1.165, 1.54) is 0 Å². The van der Waals surface area contributed by atoms with Crippen LogP contribution in [0.1, 0.15) is 42.3 Å². The van der Waals surface area contributed by atoms with Gasteiger partial charge in [-0.3, -0.25) is 9.59 Å². The molecule has 1 aliphatic heterocycles. The lowest BCUT2D eigenvalue weighted by Gasteiger charge is -2.30. The van der Waals surface area contributed by atoms with Gasteiger partial charge in [-0.15, -0.1) is 0 Å². The Balaban J connectivity index is 1.43. The zero-order chi connectivity index (χ0) is 20.8. The van der Waals surface area contributed by atoms with E-state index in [1.54, 1.807) is 17.0 Å². The van der Waals surface area contributed by atoms with Crippen LogP contribution in [0.25, 0.3) is 0 Å². The molecule has 0 bridgehead atoms. The number of carbonyl (C=O) groups excluding carboxylic acids is 2. The van der Waals surface area contributed by atoms with E-state index in [-0.39, 0.29) is 18.9 Å². The summed E-state index contributed by atoms with van der Waals surface area (Å²) in [5.74, 6) is 1.41. The molecule has 0 radical (unpaired) electrons. The van der Waals surface area contributed by atoms with Gasteiger partial charge in [0.2, 0.25) is 0 Å². The molecule has 1 amide bonds. The molecule has 0 spiro atoms. The summed E-state index contributed by atoms with van der Waals surface area (Å²) in [5, 5.41) is 3.91. The van der Waals surface area contributed by atoms with E-state index in [0.29, 0.717) is 18.3 Å². The number of likely N-dealkylation sites (tertiary alicyclic amines) is 1. The van der Waals surface area contributed by atoms with Gasteiger partial charge in [0.1, 0.15) is 18.1 Å². The third-order valence-electron chi connectivity index (χ3n) is 5.20. The molecule has 1 atom stereocenters. The second-order valence-corrected chi connectivity index (χ2v) is 7.66. The number of esters is 1. The Bertz CT molecular complexity index is 824. The van der Waals surface area contributed by atoms with Crippen LogP contribution in [-0.4, -0.2) is 41.6 Å². The molecule has 2 heterocycles. The van der Waals surface area contributed by atoms with Crippen molar-refractivity contribution in [3.63, 3.8) is 0 Å². The molecule has 1 aliphatic rings. The highest BCUT2D eigenvalue weighted by Gasteiger charge is 2.21. The number of aryl methyl sites for hydroxylation is 2. The molecule has 3 rings (SSSR count). The van der Waals surface area contributed by atoms with Gasteiger partial charge in [-0.2, -0.15) is 0 Å². The number of hydrogen-bond acceptors (Lipinski definition) is 6. The average Bonchev–Trinajstić information content (AvgIpc) is 3.03. The van der Waals surface area contributed by atoms with E-state index in [1.807, 2.05) is 26.0 Å². The second-order valence-electron chi connectivity index (χ2n) is 7.66. The predicted octanol–water partition coefficient (Wildman–Crippen LogP) is 3.21. The minimum Gasteiger partial charge on any atom is -0.489 e. The van der Waals surface area contributed by atoms with Crippen molar-refractivity contribution in [1.29, 1.82) is 0 Å². The highest BCUT2D eigenvalue weighted by atomic mass is 16.5. The van der Waals surface area contributed by atoms with Crippen LogP contribution in [0.2, 0.25) is 0 Å². The largest absolute Gasteiger partial charge is 0.489 e. The molecule has 7 nitrogen and oxygen atoms in total. The molecule has 2 aromatic rings. The number of piperidine rings is 1. The molecule has 1 aromatic heterocycles. The van der Waals surface area contributed by atoms with Crippen molar-refractivity contribution >= 4 is 11.9 Å². The molecule has 0 saturated carbocycles. The summed E-state index contributed by atoms with van der Waals surface area (Å²) in [6.45, 7) is 7.53. The zero-order valence-corrected chi connectivity index (χ0v) is 17.3. The van der Waals surface area contributed by atoms with Gasteiger partial charge in [-0.05, 0) is 50.3 Å². The van der Waals surface area contributed by atoms with Gasteiger partial charge in [0, 0.05) is 13.1 Å². The van der Waals surface area contributed by atoms with Crippen molar-refractivity contribution < 1.29 is 23.6 Å². The molecular formula is C22H28N2O5. The number of amides is 1. The minimum absolute atomic E-state index is 0.118. The summed E-state index contributed by atoms with van der Waals surface area (Å²) in [6.07, 6.45) is 2.26. The fraction of sp³-hybridized carbons (Fsp3) is 0.500. The van der Waals surface area contributed by atoms with E-state index in [9.17, 15) is 9.59 Å². The van der Waals surface area contributed by atoms with Gasteiger partial charge in [-0.25, -0.2) is 0 Å². The van der Waals surface area contributed by atoms with E-state index in [4.69, 9.17) is 14.0 Å². The Morgan fingerprint density at radius 3 is 2.66 bits per heavy atom. The van der Waals surface area contributed by atoms with Crippen LogP contribution >= 0.6 is 0 Å². The molecule has 0 N–H and O–H groups in total. The van der Waals surface area contributed by atoms with E-state index < -0.39 is 5.97 Å². The van der Waals surface area contributed by atoms with Crippen LogP contribution in [0.5, 0.6) is 5.75 Å². The summed E-state index contributed by atoms with van der Waals surface area (Å²) in [6, 6.07) is 7.25. The quantitative estimate of drug-likeness (QED) is 0.664. The summed E-state index contributed by atoms with van der Waals surface area (Å²) in [7, 11) is 0. The zero-order valence-electron chi connectivity index (χ0n) is 17.3. The SMILES string of the molecule is Cc1noc(C)c1COc1ccc(CC(=O)OCC(=O)N2CCC[C@H](C)C2)cc1. The van der Waals surface area contributed by atoms with Gasteiger partial charge in [0.05, 0.1) is 17.7 Å². The van der Waals surface area contributed by atoms with Gasteiger partial charge in [0.25, 0.3) is 5.91 Å². The molecule has 0 aliphatic carbocycles. The maximum Gasteiger partial charge on any atom is 0.310 e. The van der Waals surface area contributed by atoms with Gasteiger partial charge in [-0.1, -0.05) is 24.2 Å². The number of nitrogens with zero attached hydrogens (tertiary/aromatic N) is 2. The van der Waals surface area contributed by atoms with Crippen molar-refractivity contribution in [3.8, 4) is 5.75 Å². The van der Waals surface area contributed by atoms with Gasteiger partial charge >= 0.3 is 5.97 Å². The summed E-state index contributed by atoms with van der Waals surface area (Å²) >= 11 is 0. The van der Waals surface area contributed by atoms with Crippen molar-refractivity contribution in [3.05, 3.63) is 46.8 Å². The fourth-order valence-electron chi connectivity index (χ4n) is 3.43. The van der Waals surface area contributed by atoms with Crippen LogP contribution in [0.15, 0.2) is 28.8 Å². The number of benzene rings is 1. The molecule has 1 saturated heterocycles. The first-order valence-electron chi connectivity index (χ1n) is 9.99. The highest BCUT2D eigenvalue weighted by molar-refractivity contribution is 5.81. The first-order valence-corrected chi connectivity index (χ1v) is 9.99. The first-order chi connectivity index (χ1) is 13.9. The van der Waals surface area contributed by atoms with Crippen molar-refractivity contribution in [1.82, 2.24) is 10.1 Å². The fourth-order valence-corrected chi connectivity index (χ4v) is 3.43. The smallest absolute Gasteiger partial charge is 0.310 e. The Morgan fingerprint density at radius 1 is 1.24 bits per heavy atom. The number of rotatable bonds is 7. The Kier molecular flexibility index (Phi) is 6.90. The minimum atomic E-state index is -0.409. The summed E-state index contributed by atoms with van der Waals surface area (Å²) in [5.41, 5.74) is 2.56. The lowest BCUT2D eigenvalue weighted by molar-refractivity contribution is -0.152. The normalized spacial score (nSPS) is 16.5. The Labute approximate surface area is 171 Å². The predicted molar refractivity (Wildman–Crippen MR) is 106 cm³/mol. The maximum absolute atomic E-state index is 12.2. The third kappa shape index (κ3) is 5.82. The summed E-state index contributed by atoms with van der Waals surface area (Å²) < 4.78 is 16.1. The molecule has 0 unspecified atom stereocenters. The molecule has 1 fully saturated rings. The molecular weight excluding hydrogens is 372 g/mol. The monoisotopic (exact) mass is 400 g/mol. The van der Waals surface area contributed by atoms with Crippen molar-refractivity contribution in [2.45, 2.75) is 46.6 Å². The van der Waals surface area contributed by atoms with Crippen LogP contribution < -0.4 is 4.74 Å². The van der Waals surface area contributed by atoms with Crippen LogP contribution in [0.4, 0.5) is 0 Å². The number of aromatic nitrogens is 1. The third-order valence-corrected chi connectivity index (χ3v) is 5.20. The molecule has 1 aromatic carbocycles. The van der Waals surface area contributed by atoms with E-state index in [0.717, 1.165) is 48.5 Å². The molecule has 29 heavy (non-hydrogen) atoms. The second kappa shape index (κ2) is 9.58. The summed E-state index contributed by atoms with van der Waals surface area (Å²) in [4.78, 5) is 26.0. The standard InChI is InChI=1S/C22H28N2O5/c1-15-5-4-10-24(12-15)21(25)14-28-22(26)11-18-6-8-19(9-7-18)27-13-20-16(2)23-29-17(20)3/h6-9,15H,4-5,10-14H2,1-3H3/t15-/m0/s1. The Morgan fingerprint density at radius 2 is 2.00 bits per heavy atom. The topological polar surface area (TPSA) is 81.9 Å². The molecule has 156 valence electrons. The maximum atomic E-state index is 12.2. The average molecular weight is 400 g/mol. The Hall–Kier alpha value is -2.83. The van der Waals surface area contributed by atoms with Crippen molar-refractivity contribution in [2.75, 3.05) is 19.7 Å². The van der Waals surface area contributed by atoms with E-state index >= 15 is 0 Å². The van der Waals surface area contributed by atoms with Crippen LogP contribution in [0.3, 0.4) is 0 Å². The number of ether oxygens (including phenoxy) is 2. The number of hydrogen-bond donors (Lipinski definition) is 0. The van der Waals surface area contributed by atoms with E-state index in [2.05, 4.69) is 12.1 Å². The van der Waals surface area contributed by atoms with Crippen LogP contribution in [0, 0.1) is 19.8 Å².